The number of nitriles is 1. The van der Waals surface area contributed by atoms with E-state index in [9.17, 15) is 4.79 Å². The molecule has 0 aliphatic carbocycles. The van der Waals surface area contributed by atoms with Crippen molar-refractivity contribution in [3.05, 3.63) is 70.4 Å². The Kier molecular flexibility index (Phi) is 4.02. The number of hydrogen-bond donors (Lipinski definition) is 1. The normalized spacial score (nSPS) is 10.5. The van der Waals surface area contributed by atoms with Gasteiger partial charge in [0.15, 0.2) is 0 Å². The fourth-order valence-electron chi connectivity index (χ4n) is 2.46. The molecular weight excluding hydrogens is 350 g/mol. The molecule has 1 N–H and O–H groups in total. The zero-order valence-electron chi connectivity index (χ0n) is 12.9. The van der Waals surface area contributed by atoms with Gasteiger partial charge in [-0.15, -0.1) is 22.7 Å². The van der Waals surface area contributed by atoms with Crippen LogP contribution in [0.5, 0.6) is 0 Å². The zero-order valence-corrected chi connectivity index (χ0v) is 14.5. The first-order valence-corrected chi connectivity index (χ1v) is 9.19. The maximum absolute atomic E-state index is 12.3. The maximum atomic E-state index is 12.3. The number of rotatable bonds is 3. The van der Waals surface area contributed by atoms with E-state index in [2.05, 4.69) is 16.4 Å². The van der Waals surface area contributed by atoms with Crippen LogP contribution in [-0.4, -0.2) is 10.9 Å². The molecule has 0 radical (unpaired) electrons. The Morgan fingerprint density at radius 2 is 1.88 bits per heavy atom. The molecule has 0 spiro atoms. The monoisotopic (exact) mass is 361 g/mol. The van der Waals surface area contributed by atoms with E-state index in [-0.39, 0.29) is 5.91 Å². The van der Waals surface area contributed by atoms with Crippen molar-refractivity contribution in [2.24, 2.45) is 0 Å². The molecular formula is C19H11N3OS2. The number of para-hydroxylation sites is 1. The minimum atomic E-state index is -0.273. The van der Waals surface area contributed by atoms with Crippen molar-refractivity contribution in [2.75, 3.05) is 5.32 Å². The van der Waals surface area contributed by atoms with E-state index >= 15 is 0 Å². The molecule has 2 heterocycles. The van der Waals surface area contributed by atoms with Gasteiger partial charge in [0.05, 0.1) is 15.8 Å². The van der Waals surface area contributed by atoms with E-state index in [0.717, 1.165) is 20.8 Å². The summed E-state index contributed by atoms with van der Waals surface area (Å²) in [5, 5.41) is 14.5. The van der Waals surface area contributed by atoms with E-state index in [0.29, 0.717) is 16.1 Å². The predicted octanol–water partition coefficient (Wildman–Crippen LogP) is 5.15. The molecule has 4 nitrogen and oxygen atoms in total. The van der Waals surface area contributed by atoms with Crippen LogP contribution in [0, 0.1) is 11.3 Å². The van der Waals surface area contributed by atoms with Crippen molar-refractivity contribution < 1.29 is 4.79 Å². The van der Waals surface area contributed by atoms with Crippen LogP contribution >= 0.6 is 22.7 Å². The minimum Gasteiger partial charge on any atom is -0.322 e. The van der Waals surface area contributed by atoms with E-state index < -0.39 is 0 Å². The van der Waals surface area contributed by atoms with E-state index in [1.807, 2.05) is 48.5 Å². The second-order valence-electron chi connectivity index (χ2n) is 5.29. The number of fused-ring (bicyclic) bond motifs is 1. The number of carbonyl (C=O) groups is 1. The van der Waals surface area contributed by atoms with Gasteiger partial charge in [-0.05, 0) is 47.8 Å². The molecule has 120 valence electrons. The molecule has 0 atom stereocenters. The fraction of sp³-hybridized carbons (Fsp3) is 0. The quantitative estimate of drug-likeness (QED) is 0.549. The maximum Gasteiger partial charge on any atom is 0.257 e. The Labute approximate surface area is 152 Å². The van der Waals surface area contributed by atoms with Crippen LogP contribution in [0.15, 0.2) is 60.0 Å². The second kappa shape index (κ2) is 6.48. The second-order valence-corrected chi connectivity index (χ2v) is 7.24. The zero-order chi connectivity index (χ0) is 17.2. The SMILES string of the molecule is N#Cc1sccc1C(=O)Nc1ccc(-c2nc3ccccc3s2)cc1. The van der Waals surface area contributed by atoms with Crippen LogP contribution in [0.2, 0.25) is 0 Å². The van der Waals surface area contributed by atoms with Gasteiger partial charge in [0.1, 0.15) is 16.0 Å². The molecule has 0 bridgehead atoms. The van der Waals surface area contributed by atoms with Gasteiger partial charge in [0.2, 0.25) is 0 Å². The van der Waals surface area contributed by atoms with Crippen molar-refractivity contribution >= 4 is 44.5 Å². The third-order valence-electron chi connectivity index (χ3n) is 3.70. The fourth-order valence-corrected chi connectivity index (χ4v) is 4.12. The minimum absolute atomic E-state index is 0.273. The number of nitrogens with one attached hydrogen (secondary N) is 1. The van der Waals surface area contributed by atoms with Gasteiger partial charge in [-0.25, -0.2) is 4.98 Å². The summed E-state index contributed by atoms with van der Waals surface area (Å²) in [5.41, 5.74) is 3.08. The third kappa shape index (κ3) is 3.03. The van der Waals surface area contributed by atoms with Crippen LogP contribution < -0.4 is 5.32 Å². The molecule has 2 aromatic carbocycles. The first-order valence-electron chi connectivity index (χ1n) is 7.49. The van der Waals surface area contributed by atoms with Gasteiger partial charge in [0, 0.05) is 11.3 Å². The van der Waals surface area contributed by atoms with Crippen LogP contribution in [0.1, 0.15) is 15.2 Å². The first-order chi connectivity index (χ1) is 12.2. The molecule has 0 aliphatic rings. The topological polar surface area (TPSA) is 65.8 Å². The lowest BCUT2D eigenvalue weighted by Crippen LogP contribution is -2.11. The molecule has 6 heteroatoms. The van der Waals surface area contributed by atoms with Crippen molar-refractivity contribution in [3.63, 3.8) is 0 Å². The summed E-state index contributed by atoms with van der Waals surface area (Å²) in [5.74, 6) is -0.273. The third-order valence-corrected chi connectivity index (χ3v) is 5.60. The summed E-state index contributed by atoms with van der Waals surface area (Å²) in [4.78, 5) is 17.3. The highest BCUT2D eigenvalue weighted by molar-refractivity contribution is 7.21. The molecule has 0 saturated carbocycles. The number of amides is 1. The highest BCUT2D eigenvalue weighted by atomic mass is 32.1. The molecule has 1 amide bonds. The van der Waals surface area contributed by atoms with Gasteiger partial charge in [-0.3, -0.25) is 4.79 Å². The predicted molar refractivity (Wildman–Crippen MR) is 102 cm³/mol. The lowest BCUT2D eigenvalue weighted by molar-refractivity contribution is 0.102. The van der Waals surface area contributed by atoms with Crippen LogP contribution in [0.4, 0.5) is 5.69 Å². The van der Waals surface area contributed by atoms with Crippen molar-refractivity contribution in [2.45, 2.75) is 0 Å². The van der Waals surface area contributed by atoms with E-state index in [4.69, 9.17) is 5.26 Å². The van der Waals surface area contributed by atoms with Crippen molar-refractivity contribution in [1.82, 2.24) is 4.98 Å². The van der Waals surface area contributed by atoms with Gasteiger partial charge >= 0.3 is 0 Å². The van der Waals surface area contributed by atoms with E-state index in [1.54, 1.807) is 22.8 Å². The van der Waals surface area contributed by atoms with Gasteiger partial charge in [-0.1, -0.05) is 12.1 Å². The molecule has 2 aromatic heterocycles. The standard InChI is InChI=1S/C19H11N3OS2/c20-11-17-14(9-10-24-17)18(23)21-13-7-5-12(6-8-13)19-22-15-3-1-2-4-16(15)25-19/h1-10H,(H,21,23). The molecule has 4 rings (SSSR count). The number of carbonyl (C=O) groups excluding carboxylic acids is 1. The Balaban J connectivity index is 1.56. The van der Waals surface area contributed by atoms with Gasteiger partial charge in [-0.2, -0.15) is 5.26 Å². The Hall–Kier alpha value is -3.01. The number of thiazole rings is 1. The summed E-state index contributed by atoms with van der Waals surface area (Å²) in [6, 6.07) is 19.3. The van der Waals surface area contributed by atoms with Crippen molar-refractivity contribution in [1.29, 1.82) is 5.26 Å². The van der Waals surface area contributed by atoms with Crippen LogP contribution in [0.3, 0.4) is 0 Å². The number of nitrogens with zero attached hydrogens (tertiary/aromatic N) is 2. The summed E-state index contributed by atoms with van der Waals surface area (Å²) in [6.07, 6.45) is 0. The highest BCUT2D eigenvalue weighted by Gasteiger charge is 2.13. The lowest BCUT2D eigenvalue weighted by Gasteiger charge is -2.05. The number of aromatic nitrogens is 1. The lowest BCUT2D eigenvalue weighted by atomic mass is 10.2. The summed E-state index contributed by atoms with van der Waals surface area (Å²) in [7, 11) is 0. The number of benzene rings is 2. The van der Waals surface area contributed by atoms with E-state index in [1.165, 1.54) is 11.3 Å². The Morgan fingerprint density at radius 1 is 1.08 bits per heavy atom. The number of hydrogen-bond acceptors (Lipinski definition) is 5. The van der Waals surface area contributed by atoms with Crippen LogP contribution in [0.25, 0.3) is 20.8 Å². The van der Waals surface area contributed by atoms with Crippen molar-refractivity contribution in [3.8, 4) is 16.6 Å². The Morgan fingerprint density at radius 3 is 2.64 bits per heavy atom. The number of thiophene rings is 1. The largest absolute Gasteiger partial charge is 0.322 e. The number of anilines is 1. The summed E-state index contributed by atoms with van der Waals surface area (Å²) in [6.45, 7) is 0. The smallest absolute Gasteiger partial charge is 0.257 e. The van der Waals surface area contributed by atoms with Gasteiger partial charge in [0.25, 0.3) is 5.91 Å². The first kappa shape index (κ1) is 15.5. The van der Waals surface area contributed by atoms with Crippen LogP contribution in [-0.2, 0) is 0 Å². The molecule has 0 aliphatic heterocycles. The molecule has 4 aromatic rings. The molecule has 0 unspecified atom stereocenters. The summed E-state index contributed by atoms with van der Waals surface area (Å²) < 4.78 is 1.15. The Bertz CT molecular complexity index is 1070. The average molecular weight is 361 g/mol. The highest BCUT2D eigenvalue weighted by Crippen LogP contribution is 2.30. The summed E-state index contributed by atoms with van der Waals surface area (Å²) >= 11 is 2.90. The molecule has 0 fully saturated rings. The molecule has 0 saturated heterocycles. The average Bonchev–Trinajstić information content (AvgIpc) is 3.28. The van der Waals surface area contributed by atoms with Gasteiger partial charge < -0.3 is 5.32 Å². The molecule has 25 heavy (non-hydrogen) atoms.